The molecule has 0 amide bonds. The van der Waals surface area contributed by atoms with Crippen molar-refractivity contribution in [3.8, 4) is 0 Å². The molecule has 1 heterocycles. The van der Waals surface area contributed by atoms with Crippen molar-refractivity contribution in [1.29, 1.82) is 0 Å². The number of quaternary nitrogens is 1. The van der Waals surface area contributed by atoms with Gasteiger partial charge in [0.05, 0.1) is 0 Å². The third kappa shape index (κ3) is 3.11. The molecule has 0 atom stereocenters. The number of nitrogens with zero attached hydrogens (tertiary/aromatic N) is 1. The van der Waals surface area contributed by atoms with E-state index in [2.05, 4.69) is 121 Å². The molecule has 5 rings (SSSR count). The van der Waals surface area contributed by atoms with Gasteiger partial charge in [-0.3, -0.25) is 0 Å². The minimum atomic E-state index is -2.58. The van der Waals surface area contributed by atoms with Crippen molar-refractivity contribution in [3.63, 3.8) is 0 Å². The Kier molecular flexibility index (Phi) is 5.68. The van der Waals surface area contributed by atoms with Crippen LogP contribution in [0.1, 0.15) is 0 Å². The van der Waals surface area contributed by atoms with Gasteiger partial charge in [-0.15, -0.1) is 0 Å². The molecule has 0 aliphatic carbocycles. The van der Waals surface area contributed by atoms with Crippen LogP contribution in [0.2, 0.25) is 0 Å². The standard InChI is InChI=1S/C26H26Cl2NP2/c27-29(28)30(23-13-5-1-6-14-23,24-15-7-2-8-16-24)21-22-31(29,25-17-9-3-10-18-25)26-19-11-4-12-20-26/h1-20,30-31H,21-22H2/q+1. The Hall–Kier alpha value is -1.72. The molecule has 0 saturated carbocycles. The Morgan fingerprint density at radius 1 is 0.419 bits per heavy atom. The molecule has 1 aliphatic rings. The van der Waals surface area contributed by atoms with Gasteiger partial charge >= 0.3 is 196 Å². The van der Waals surface area contributed by atoms with Crippen LogP contribution >= 0.6 is 38.4 Å². The molecule has 4 aromatic carbocycles. The van der Waals surface area contributed by atoms with E-state index in [1.54, 1.807) is 0 Å². The number of hydrogen-bond acceptors (Lipinski definition) is 0. The Morgan fingerprint density at radius 3 is 0.871 bits per heavy atom. The van der Waals surface area contributed by atoms with Crippen LogP contribution in [-0.2, 0) is 0 Å². The summed E-state index contributed by atoms with van der Waals surface area (Å²) in [6.45, 7) is 0. The molecule has 1 nitrogen and oxygen atoms in total. The van der Waals surface area contributed by atoms with Crippen molar-refractivity contribution < 1.29 is 3.06 Å². The molecule has 1 saturated heterocycles. The Labute approximate surface area is 195 Å². The molecule has 158 valence electrons. The van der Waals surface area contributed by atoms with Crippen molar-refractivity contribution in [3.05, 3.63) is 121 Å². The maximum atomic E-state index is 7.78. The Balaban J connectivity index is 1.84. The normalized spacial score (nSPS) is 20.6. The second kappa shape index (κ2) is 8.32. The molecule has 0 bridgehead atoms. The van der Waals surface area contributed by atoms with E-state index in [0.717, 1.165) is 12.3 Å². The van der Waals surface area contributed by atoms with E-state index < -0.39 is 14.8 Å². The van der Waals surface area contributed by atoms with Gasteiger partial charge in [-0.05, 0) is 0 Å². The van der Waals surface area contributed by atoms with E-state index in [4.69, 9.17) is 23.6 Å². The van der Waals surface area contributed by atoms with E-state index in [0.29, 0.717) is 0 Å². The summed E-state index contributed by atoms with van der Waals surface area (Å²) in [7, 11) is -5.17. The quantitative estimate of drug-likeness (QED) is 0.255. The molecular weight excluding hydrogens is 459 g/mol. The fourth-order valence-corrected chi connectivity index (χ4v) is 23.1. The van der Waals surface area contributed by atoms with Gasteiger partial charge in [0.1, 0.15) is 0 Å². The van der Waals surface area contributed by atoms with Crippen LogP contribution in [0, 0.1) is 0 Å². The topological polar surface area (TPSA) is 0 Å². The van der Waals surface area contributed by atoms with Crippen LogP contribution in [0.15, 0.2) is 121 Å². The molecule has 0 spiro atoms. The predicted octanol–water partition coefficient (Wildman–Crippen LogP) is 5.76. The summed E-state index contributed by atoms with van der Waals surface area (Å²) in [4.78, 5) is 0. The third-order valence-electron chi connectivity index (χ3n) is 6.81. The van der Waals surface area contributed by atoms with Crippen molar-refractivity contribution in [2.45, 2.75) is 0 Å². The van der Waals surface area contributed by atoms with E-state index >= 15 is 0 Å². The second-order valence-corrected chi connectivity index (χ2v) is 19.1. The minimum absolute atomic E-state index is 0.0576. The first-order valence-electron chi connectivity index (χ1n) is 10.6. The molecule has 0 radical (unpaired) electrons. The zero-order valence-corrected chi connectivity index (χ0v) is 20.7. The monoisotopic (exact) mass is 484 g/mol. The van der Waals surface area contributed by atoms with Crippen molar-refractivity contribution in [2.75, 3.05) is 12.3 Å². The number of benzene rings is 4. The first kappa shape index (κ1) is 21.1. The molecule has 31 heavy (non-hydrogen) atoms. The zero-order chi connectivity index (χ0) is 21.4. The molecule has 0 unspecified atom stereocenters. The van der Waals surface area contributed by atoms with E-state index in [1.165, 1.54) is 21.2 Å². The average Bonchev–Trinajstić information content (AvgIpc) is 3.10. The summed E-state index contributed by atoms with van der Waals surface area (Å²) in [5.74, 6) is 0. The molecule has 0 N–H and O–H groups in total. The summed E-state index contributed by atoms with van der Waals surface area (Å²) in [6.07, 6.45) is 2.04. The summed E-state index contributed by atoms with van der Waals surface area (Å²) < 4.78 is 0.0576. The molecule has 1 fully saturated rings. The zero-order valence-electron chi connectivity index (χ0n) is 17.2. The SMILES string of the molecule is Cl[N+]1(Cl)[PH](c2ccccc2)(c2ccccc2)CC[PH]1(c1ccccc1)c1ccccc1. The average molecular weight is 485 g/mol. The van der Waals surface area contributed by atoms with E-state index in [-0.39, 0.29) is 3.06 Å². The maximum absolute atomic E-state index is 7.78. The van der Waals surface area contributed by atoms with Crippen molar-refractivity contribution in [2.24, 2.45) is 0 Å². The van der Waals surface area contributed by atoms with Crippen molar-refractivity contribution >= 4 is 59.6 Å². The number of rotatable bonds is 4. The molecule has 4 aromatic rings. The van der Waals surface area contributed by atoms with Gasteiger partial charge in [0.2, 0.25) is 0 Å². The van der Waals surface area contributed by atoms with Gasteiger partial charge in [0, 0.05) is 0 Å². The number of halogens is 2. The first-order valence-corrected chi connectivity index (χ1v) is 15.6. The predicted molar refractivity (Wildman–Crippen MR) is 143 cm³/mol. The van der Waals surface area contributed by atoms with Gasteiger partial charge in [-0.25, -0.2) is 0 Å². The fourth-order valence-electron chi connectivity index (χ4n) is 5.38. The van der Waals surface area contributed by atoms with Crippen molar-refractivity contribution in [1.82, 2.24) is 0 Å². The second-order valence-electron chi connectivity index (χ2n) is 8.20. The van der Waals surface area contributed by atoms with E-state index in [1.807, 2.05) is 0 Å². The van der Waals surface area contributed by atoms with Gasteiger partial charge < -0.3 is 0 Å². The van der Waals surface area contributed by atoms with Crippen LogP contribution in [0.5, 0.6) is 0 Å². The van der Waals surface area contributed by atoms with Gasteiger partial charge in [-0.1, -0.05) is 0 Å². The third-order valence-corrected chi connectivity index (χ3v) is 22.1. The first-order chi connectivity index (χ1) is 15.1. The van der Waals surface area contributed by atoms with Gasteiger partial charge in [0.15, 0.2) is 0 Å². The number of hydrogen-bond donors (Lipinski definition) is 0. The van der Waals surface area contributed by atoms with Crippen LogP contribution in [0.25, 0.3) is 0 Å². The molecule has 5 heteroatoms. The Morgan fingerprint density at radius 2 is 0.645 bits per heavy atom. The van der Waals surface area contributed by atoms with Crippen LogP contribution < -0.4 is 21.2 Å². The molecular formula is C26H26Cl2NP2+. The van der Waals surface area contributed by atoms with Gasteiger partial charge in [0.25, 0.3) is 0 Å². The van der Waals surface area contributed by atoms with Crippen LogP contribution in [0.3, 0.4) is 0 Å². The summed E-state index contributed by atoms with van der Waals surface area (Å²) in [6, 6.07) is 43.1. The van der Waals surface area contributed by atoms with Crippen LogP contribution in [-0.4, -0.2) is 15.4 Å². The van der Waals surface area contributed by atoms with Crippen LogP contribution in [0.4, 0.5) is 0 Å². The molecule has 0 aromatic heterocycles. The van der Waals surface area contributed by atoms with Gasteiger partial charge in [-0.2, -0.15) is 0 Å². The van der Waals surface area contributed by atoms with E-state index in [9.17, 15) is 0 Å². The summed E-state index contributed by atoms with van der Waals surface area (Å²) >= 11 is 15.6. The summed E-state index contributed by atoms with van der Waals surface area (Å²) in [5.41, 5.74) is 0. The Bertz CT molecular complexity index is 981. The molecule has 1 aliphatic heterocycles. The summed E-state index contributed by atoms with van der Waals surface area (Å²) in [5, 5.41) is 5.19. The fraction of sp³-hybridized carbons (Fsp3) is 0.0769.